The Kier molecular flexibility index (Phi) is 4.47. The second-order valence-corrected chi connectivity index (χ2v) is 4.83. The van der Waals surface area contributed by atoms with Crippen LogP contribution in [0.25, 0.3) is 0 Å². The normalized spacial score (nSPS) is 16.3. The molecule has 1 aromatic rings. The number of halogens is 1. The third kappa shape index (κ3) is 3.10. The van der Waals surface area contributed by atoms with Crippen molar-refractivity contribution in [1.82, 2.24) is 9.80 Å². The quantitative estimate of drug-likeness (QED) is 0.835. The van der Waals surface area contributed by atoms with Crippen LogP contribution in [0.4, 0.5) is 0 Å². The molecule has 0 bridgehead atoms. The second-order valence-electron chi connectivity index (χ2n) is 4.49. The summed E-state index contributed by atoms with van der Waals surface area (Å²) in [6.45, 7) is 4.30. The van der Waals surface area contributed by atoms with E-state index in [0.29, 0.717) is 38.2 Å². The monoisotopic (exact) mass is 284 g/mol. The van der Waals surface area contributed by atoms with Gasteiger partial charge >= 0.3 is 0 Å². The summed E-state index contributed by atoms with van der Waals surface area (Å²) in [5.74, 6) is 0.000176. The van der Waals surface area contributed by atoms with Gasteiger partial charge in [-0.2, -0.15) is 0 Å². The maximum atomic E-state index is 12.3. The lowest BCUT2D eigenvalue weighted by Crippen LogP contribution is -2.37. The van der Waals surface area contributed by atoms with Gasteiger partial charge < -0.3 is 14.2 Å². The Hall–Kier alpha value is -1.49. The first-order valence-corrected chi connectivity index (χ1v) is 6.81. The highest BCUT2D eigenvalue weighted by Crippen LogP contribution is 2.19. The van der Waals surface area contributed by atoms with E-state index in [1.54, 1.807) is 11.0 Å². The maximum absolute atomic E-state index is 12.3. The molecule has 0 atom stereocenters. The molecule has 1 fully saturated rings. The summed E-state index contributed by atoms with van der Waals surface area (Å²) in [4.78, 5) is 27.5. The molecule has 2 heterocycles. The molecule has 104 valence electrons. The van der Waals surface area contributed by atoms with Gasteiger partial charge in [-0.3, -0.25) is 9.59 Å². The first-order valence-electron chi connectivity index (χ1n) is 6.43. The first-order chi connectivity index (χ1) is 9.13. The zero-order valence-corrected chi connectivity index (χ0v) is 11.7. The zero-order valence-electron chi connectivity index (χ0n) is 10.9. The van der Waals surface area contributed by atoms with Gasteiger partial charge in [-0.1, -0.05) is 6.92 Å². The van der Waals surface area contributed by atoms with Gasteiger partial charge in [0.25, 0.3) is 5.91 Å². The highest BCUT2D eigenvalue weighted by atomic mass is 35.5. The van der Waals surface area contributed by atoms with Gasteiger partial charge in [0, 0.05) is 32.6 Å². The minimum atomic E-state index is -0.135. The van der Waals surface area contributed by atoms with Gasteiger partial charge in [0.15, 0.2) is 0 Å². The largest absolute Gasteiger partial charge is 0.452 e. The molecule has 2 rings (SSSR count). The van der Waals surface area contributed by atoms with E-state index in [-0.39, 0.29) is 17.0 Å². The van der Waals surface area contributed by atoms with Gasteiger partial charge in [0.1, 0.15) is 0 Å². The summed E-state index contributed by atoms with van der Waals surface area (Å²) in [6, 6.07) is 1.57. The SMILES string of the molecule is CCC(=O)N1CCCN(C(=O)c2ccoc2Cl)CC1. The molecule has 0 aliphatic carbocycles. The number of hydrogen-bond acceptors (Lipinski definition) is 3. The standard InChI is InChI=1S/C13H17ClN2O3/c1-2-11(17)15-5-3-6-16(8-7-15)13(18)10-4-9-19-12(10)14/h4,9H,2-3,5-8H2,1H3. The minimum absolute atomic E-state index is 0.121. The lowest BCUT2D eigenvalue weighted by molar-refractivity contribution is -0.130. The van der Waals surface area contributed by atoms with Crippen molar-refractivity contribution in [3.05, 3.63) is 23.1 Å². The third-order valence-electron chi connectivity index (χ3n) is 3.29. The van der Waals surface area contributed by atoms with E-state index in [9.17, 15) is 9.59 Å². The summed E-state index contributed by atoms with van der Waals surface area (Å²) in [5, 5.41) is 0.121. The second kappa shape index (κ2) is 6.10. The van der Waals surface area contributed by atoms with Crippen molar-refractivity contribution in [2.75, 3.05) is 26.2 Å². The van der Waals surface area contributed by atoms with Crippen LogP contribution in [0, 0.1) is 0 Å². The summed E-state index contributed by atoms with van der Waals surface area (Å²) in [7, 11) is 0. The first kappa shape index (κ1) is 13.9. The van der Waals surface area contributed by atoms with Crippen LogP contribution in [0.2, 0.25) is 5.22 Å². The summed E-state index contributed by atoms with van der Waals surface area (Å²) in [5.41, 5.74) is 0.386. The Morgan fingerprint density at radius 3 is 2.58 bits per heavy atom. The lowest BCUT2D eigenvalue weighted by Gasteiger charge is -2.21. The van der Waals surface area contributed by atoms with Gasteiger partial charge in [0.2, 0.25) is 11.1 Å². The number of hydrogen-bond donors (Lipinski definition) is 0. The van der Waals surface area contributed by atoms with Crippen LogP contribution in [0.1, 0.15) is 30.1 Å². The smallest absolute Gasteiger partial charge is 0.258 e. The number of furan rings is 1. The third-order valence-corrected chi connectivity index (χ3v) is 3.58. The Labute approximate surface area is 117 Å². The summed E-state index contributed by atoms with van der Waals surface area (Å²) >= 11 is 5.82. The molecule has 0 saturated carbocycles. The molecule has 1 aliphatic rings. The topological polar surface area (TPSA) is 53.8 Å². The summed E-state index contributed by atoms with van der Waals surface area (Å²) < 4.78 is 4.94. The molecule has 1 aromatic heterocycles. The molecule has 0 aromatic carbocycles. The van der Waals surface area contributed by atoms with Crippen molar-refractivity contribution >= 4 is 23.4 Å². The fourth-order valence-corrected chi connectivity index (χ4v) is 2.41. The van der Waals surface area contributed by atoms with Gasteiger partial charge in [-0.25, -0.2) is 0 Å². The molecular formula is C13H17ClN2O3. The Morgan fingerprint density at radius 1 is 1.26 bits per heavy atom. The van der Waals surface area contributed by atoms with E-state index >= 15 is 0 Å². The molecule has 2 amide bonds. The van der Waals surface area contributed by atoms with Crippen LogP contribution in [-0.4, -0.2) is 47.8 Å². The molecule has 0 unspecified atom stereocenters. The number of amides is 2. The molecule has 1 saturated heterocycles. The lowest BCUT2D eigenvalue weighted by atomic mass is 10.3. The van der Waals surface area contributed by atoms with Crippen LogP contribution >= 0.6 is 11.6 Å². The van der Waals surface area contributed by atoms with E-state index in [4.69, 9.17) is 16.0 Å². The average molecular weight is 285 g/mol. The van der Waals surface area contributed by atoms with Crippen LogP contribution < -0.4 is 0 Å². The fourth-order valence-electron chi connectivity index (χ4n) is 2.21. The maximum Gasteiger partial charge on any atom is 0.258 e. The van der Waals surface area contributed by atoms with Gasteiger partial charge in [0.05, 0.1) is 11.8 Å². The van der Waals surface area contributed by atoms with Crippen molar-refractivity contribution in [3.63, 3.8) is 0 Å². The van der Waals surface area contributed by atoms with E-state index in [1.807, 2.05) is 11.8 Å². The average Bonchev–Trinajstić information content (AvgIpc) is 2.70. The Morgan fingerprint density at radius 2 is 1.95 bits per heavy atom. The molecule has 0 radical (unpaired) electrons. The minimum Gasteiger partial charge on any atom is -0.452 e. The molecule has 5 nitrogen and oxygen atoms in total. The van der Waals surface area contributed by atoms with Crippen molar-refractivity contribution < 1.29 is 14.0 Å². The Balaban J connectivity index is 2.01. The summed E-state index contributed by atoms with van der Waals surface area (Å²) in [6.07, 6.45) is 2.69. The number of carbonyl (C=O) groups is 2. The Bertz CT molecular complexity index is 472. The number of carbonyl (C=O) groups excluding carboxylic acids is 2. The number of nitrogens with zero attached hydrogens (tertiary/aromatic N) is 2. The molecule has 0 spiro atoms. The molecule has 1 aliphatic heterocycles. The molecule has 0 N–H and O–H groups in total. The van der Waals surface area contributed by atoms with E-state index in [2.05, 4.69) is 0 Å². The molecular weight excluding hydrogens is 268 g/mol. The fraction of sp³-hybridized carbons (Fsp3) is 0.538. The van der Waals surface area contributed by atoms with Crippen molar-refractivity contribution in [2.24, 2.45) is 0 Å². The van der Waals surface area contributed by atoms with Crippen molar-refractivity contribution in [2.45, 2.75) is 19.8 Å². The zero-order chi connectivity index (χ0) is 13.8. The van der Waals surface area contributed by atoms with Crippen LogP contribution in [0.3, 0.4) is 0 Å². The highest BCUT2D eigenvalue weighted by molar-refractivity contribution is 6.32. The number of rotatable bonds is 2. The van der Waals surface area contributed by atoms with Crippen molar-refractivity contribution in [1.29, 1.82) is 0 Å². The van der Waals surface area contributed by atoms with Crippen LogP contribution in [0.5, 0.6) is 0 Å². The van der Waals surface area contributed by atoms with E-state index in [0.717, 1.165) is 6.42 Å². The van der Waals surface area contributed by atoms with Crippen molar-refractivity contribution in [3.8, 4) is 0 Å². The highest BCUT2D eigenvalue weighted by Gasteiger charge is 2.24. The predicted molar refractivity (Wildman–Crippen MR) is 71.1 cm³/mol. The van der Waals surface area contributed by atoms with Gasteiger partial charge in [-0.05, 0) is 24.1 Å². The van der Waals surface area contributed by atoms with E-state index in [1.165, 1.54) is 6.26 Å². The van der Waals surface area contributed by atoms with Crippen LogP contribution in [0.15, 0.2) is 16.7 Å². The predicted octanol–water partition coefficient (Wildman–Crippen LogP) is 2.02. The van der Waals surface area contributed by atoms with Gasteiger partial charge in [-0.15, -0.1) is 0 Å². The molecule has 19 heavy (non-hydrogen) atoms. The van der Waals surface area contributed by atoms with Crippen LogP contribution in [-0.2, 0) is 4.79 Å². The molecule has 6 heteroatoms. The van der Waals surface area contributed by atoms with E-state index < -0.39 is 0 Å².